The average Bonchev–Trinajstić information content (AvgIpc) is 2.92. The molecule has 0 aliphatic heterocycles. The number of hydrogen-bond acceptors (Lipinski definition) is 1. The highest BCUT2D eigenvalue weighted by molar-refractivity contribution is 5.95. The molecule has 5 aromatic rings. The maximum atomic E-state index is 13.9. The highest BCUT2D eigenvalue weighted by atomic mass is 19.4. The summed E-state index contributed by atoms with van der Waals surface area (Å²) in [6.45, 7) is 0. The van der Waals surface area contributed by atoms with Gasteiger partial charge in [0.1, 0.15) is 0 Å². The van der Waals surface area contributed by atoms with Gasteiger partial charge in [0.25, 0.3) is 0 Å². The Morgan fingerprint density at radius 1 is 0.368 bits per heavy atom. The molecule has 0 aliphatic carbocycles. The van der Waals surface area contributed by atoms with Crippen molar-refractivity contribution in [1.29, 1.82) is 0 Å². The van der Waals surface area contributed by atoms with E-state index >= 15 is 0 Å². The van der Waals surface area contributed by atoms with Crippen LogP contribution in [0, 0.1) is 0 Å². The highest BCUT2D eigenvalue weighted by Crippen LogP contribution is 2.45. The zero-order chi connectivity index (χ0) is 26.9. The van der Waals surface area contributed by atoms with Gasteiger partial charge in [0, 0.05) is 17.3 Å². The molecule has 5 rings (SSSR count). The van der Waals surface area contributed by atoms with Gasteiger partial charge in [-0.3, -0.25) is 4.98 Å². The molecular weight excluding hydrogens is 500 g/mol. The van der Waals surface area contributed by atoms with E-state index < -0.39 is 23.5 Å². The van der Waals surface area contributed by atoms with Crippen LogP contribution >= 0.6 is 0 Å². The molecule has 38 heavy (non-hydrogen) atoms. The van der Waals surface area contributed by atoms with E-state index in [0.717, 1.165) is 12.1 Å². The summed E-state index contributed by atoms with van der Waals surface area (Å²) in [6, 6.07) is 27.2. The third kappa shape index (κ3) is 4.79. The molecule has 7 heteroatoms. The summed E-state index contributed by atoms with van der Waals surface area (Å²) in [5, 5.41) is 0. The second-order valence-corrected chi connectivity index (χ2v) is 8.58. The number of pyridine rings is 1. The van der Waals surface area contributed by atoms with Crippen molar-refractivity contribution in [1.82, 2.24) is 4.98 Å². The fraction of sp³-hybridized carbons (Fsp3) is 0.0645. The molecule has 0 atom stereocenters. The molecule has 0 saturated heterocycles. The third-order valence-corrected chi connectivity index (χ3v) is 6.25. The van der Waals surface area contributed by atoms with E-state index in [1.165, 1.54) is 42.6 Å². The van der Waals surface area contributed by atoms with Gasteiger partial charge < -0.3 is 0 Å². The van der Waals surface area contributed by atoms with Gasteiger partial charge in [-0.25, -0.2) is 0 Å². The lowest BCUT2D eigenvalue weighted by Crippen LogP contribution is -2.07. The third-order valence-electron chi connectivity index (χ3n) is 6.25. The van der Waals surface area contributed by atoms with Gasteiger partial charge in [-0.2, -0.15) is 26.3 Å². The fourth-order valence-electron chi connectivity index (χ4n) is 4.64. The van der Waals surface area contributed by atoms with Gasteiger partial charge in [-0.1, -0.05) is 91.0 Å². The van der Waals surface area contributed by atoms with Gasteiger partial charge >= 0.3 is 12.4 Å². The monoisotopic (exact) mass is 519 g/mol. The molecule has 1 nitrogen and oxygen atoms in total. The Labute approximate surface area is 215 Å². The maximum Gasteiger partial charge on any atom is 0.417 e. The van der Waals surface area contributed by atoms with Crippen molar-refractivity contribution in [2.24, 2.45) is 0 Å². The summed E-state index contributed by atoms with van der Waals surface area (Å²) in [5.41, 5.74) is 0.834. The number of nitrogens with zero attached hydrogens (tertiary/aromatic N) is 1. The van der Waals surface area contributed by atoms with Crippen LogP contribution in [0.1, 0.15) is 11.1 Å². The van der Waals surface area contributed by atoms with Crippen LogP contribution in [-0.4, -0.2) is 4.98 Å². The van der Waals surface area contributed by atoms with Gasteiger partial charge in [0.05, 0.1) is 16.8 Å². The Balaban J connectivity index is 1.76. The number of halogens is 6. The van der Waals surface area contributed by atoms with Crippen LogP contribution in [0.4, 0.5) is 26.3 Å². The number of benzene rings is 4. The molecule has 0 unspecified atom stereocenters. The van der Waals surface area contributed by atoms with Crippen molar-refractivity contribution in [2.75, 3.05) is 0 Å². The average molecular weight is 519 g/mol. The zero-order valence-corrected chi connectivity index (χ0v) is 19.7. The van der Waals surface area contributed by atoms with Crippen LogP contribution in [0.25, 0.3) is 44.6 Å². The van der Waals surface area contributed by atoms with E-state index in [-0.39, 0.29) is 11.1 Å². The van der Waals surface area contributed by atoms with E-state index in [0.29, 0.717) is 33.5 Å². The first-order valence-electron chi connectivity index (χ1n) is 11.6. The van der Waals surface area contributed by atoms with Gasteiger partial charge in [0.15, 0.2) is 0 Å². The van der Waals surface area contributed by atoms with Crippen molar-refractivity contribution in [2.45, 2.75) is 12.4 Å². The van der Waals surface area contributed by atoms with Crippen LogP contribution in [0.5, 0.6) is 0 Å². The van der Waals surface area contributed by atoms with Gasteiger partial charge in [0.2, 0.25) is 0 Å². The largest absolute Gasteiger partial charge is 0.417 e. The van der Waals surface area contributed by atoms with Gasteiger partial charge in [-0.05, 0) is 46.0 Å². The number of hydrogen-bond donors (Lipinski definition) is 0. The predicted octanol–water partition coefficient (Wildman–Crippen LogP) is 9.79. The Hall–Kier alpha value is -4.39. The minimum Gasteiger partial charge on any atom is -0.256 e. The highest BCUT2D eigenvalue weighted by Gasteiger charge is 2.35. The van der Waals surface area contributed by atoms with Crippen molar-refractivity contribution in [3.8, 4) is 44.6 Å². The second kappa shape index (κ2) is 9.82. The topological polar surface area (TPSA) is 12.9 Å². The molecule has 0 bridgehead atoms. The molecule has 0 amide bonds. The van der Waals surface area contributed by atoms with Crippen molar-refractivity contribution < 1.29 is 26.3 Å². The second-order valence-electron chi connectivity index (χ2n) is 8.58. The molecular formula is C31H19F6N. The smallest absolute Gasteiger partial charge is 0.256 e. The molecule has 1 heterocycles. The standard InChI is InChI=1S/C31H19F6N/c32-30(33,34)27-17-7-5-13-23(27)20-10-1-2-11-21(20)26-16-9-19-38-29(26)25-15-4-3-12-22(25)24-14-6-8-18-28(24)31(35,36)37/h1-19H. The molecule has 0 fully saturated rings. The molecule has 0 aliphatic rings. The SMILES string of the molecule is FC(F)(F)c1ccccc1-c1ccccc1-c1cccnc1-c1ccccc1-c1ccccc1C(F)(F)F. The lowest BCUT2D eigenvalue weighted by atomic mass is 9.87. The lowest BCUT2D eigenvalue weighted by molar-refractivity contribution is -0.137. The molecule has 4 aromatic carbocycles. The summed E-state index contributed by atoms with van der Waals surface area (Å²) < 4.78 is 83.3. The van der Waals surface area contributed by atoms with Crippen molar-refractivity contribution in [3.05, 3.63) is 127 Å². The van der Waals surface area contributed by atoms with E-state index in [1.54, 1.807) is 60.7 Å². The van der Waals surface area contributed by atoms with Crippen molar-refractivity contribution >= 4 is 0 Å². The summed E-state index contributed by atoms with van der Waals surface area (Å²) >= 11 is 0. The molecule has 0 spiro atoms. The zero-order valence-electron chi connectivity index (χ0n) is 19.7. The molecule has 190 valence electrons. The van der Waals surface area contributed by atoms with E-state index in [1.807, 2.05) is 0 Å². The Kier molecular flexibility index (Phi) is 6.53. The van der Waals surface area contributed by atoms with Crippen LogP contribution in [0.2, 0.25) is 0 Å². The van der Waals surface area contributed by atoms with Crippen molar-refractivity contribution in [3.63, 3.8) is 0 Å². The molecule has 0 N–H and O–H groups in total. The molecule has 0 radical (unpaired) electrons. The summed E-state index contributed by atoms with van der Waals surface area (Å²) in [7, 11) is 0. The lowest BCUT2D eigenvalue weighted by Gasteiger charge is -2.19. The summed E-state index contributed by atoms with van der Waals surface area (Å²) in [4.78, 5) is 4.51. The summed E-state index contributed by atoms with van der Waals surface area (Å²) in [6.07, 6.45) is -7.64. The first kappa shape index (κ1) is 25.3. The van der Waals surface area contributed by atoms with Crippen LogP contribution in [0.15, 0.2) is 115 Å². The minimum absolute atomic E-state index is 0.00102. The normalized spacial score (nSPS) is 11.9. The Morgan fingerprint density at radius 3 is 1.18 bits per heavy atom. The van der Waals surface area contributed by atoms with Crippen LogP contribution < -0.4 is 0 Å². The number of aromatic nitrogens is 1. The predicted molar refractivity (Wildman–Crippen MR) is 136 cm³/mol. The first-order chi connectivity index (χ1) is 18.2. The number of alkyl halides is 6. The minimum atomic E-state index is -4.58. The van der Waals surface area contributed by atoms with E-state index in [4.69, 9.17) is 0 Å². The molecule has 1 aromatic heterocycles. The Morgan fingerprint density at radius 2 is 0.711 bits per heavy atom. The maximum absolute atomic E-state index is 13.9. The van der Waals surface area contributed by atoms with Crippen LogP contribution in [-0.2, 0) is 12.4 Å². The van der Waals surface area contributed by atoms with E-state index in [2.05, 4.69) is 4.98 Å². The quantitative estimate of drug-likeness (QED) is 0.215. The number of rotatable bonds is 4. The van der Waals surface area contributed by atoms with Gasteiger partial charge in [-0.15, -0.1) is 0 Å². The Bertz CT molecular complexity index is 1480. The van der Waals surface area contributed by atoms with E-state index in [9.17, 15) is 26.3 Å². The van der Waals surface area contributed by atoms with Crippen LogP contribution in [0.3, 0.4) is 0 Å². The fourth-order valence-corrected chi connectivity index (χ4v) is 4.64. The first-order valence-corrected chi connectivity index (χ1v) is 11.6. The molecule has 0 saturated carbocycles. The summed E-state index contributed by atoms with van der Waals surface area (Å²) in [5.74, 6) is 0.